The number of alkyl halides is 3. The van der Waals surface area contributed by atoms with Crippen LogP contribution in [-0.2, 0) is 26.0 Å². The van der Waals surface area contributed by atoms with Gasteiger partial charge in [0.1, 0.15) is 6.04 Å². The predicted molar refractivity (Wildman–Crippen MR) is 89.3 cm³/mol. The van der Waals surface area contributed by atoms with Crippen LogP contribution in [0.15, 0.2) is 24.3 Å². The lowest BCUT2D eigenvalue weighted by Gasteiger charge is -2.35. The lowest BCUT2D eigenvalue weighted by molar-refractivity contribution is -0.171. The molecule has 2 N–H and O–H groups in total. The molecule has 2 amide bonds. The maximum Gasteiger partial charge on any atom is 0.416 e. The zero-order valence-corrected chi connectivity index (χ0v) is 15.2. The Morgan fingerprint density at radius 3 is 2.07 bits per heavy atom. The van der Waals surface area contributed by atoms with E-state index >= 15 is 0 Å². The number of hydrogen-bond donors (Lipinski definition) is 2. The maximum absolute atomic E-state index is 12.6. The summed E-state index contributed by atoms with van der Waals surface area (Å²) in [6, 6.07) is 3.20. The van der Waals surface area contributed by atoms with Crippen molar-refractivity contribution < 1.29 is 36.4 Å². The molecule has 1 aromatic carbocycles. The van der Waals surface area contributed by atoms with E-state index in [-0.39, 0.29) is 31.2 Å². The van der Waals surface area contributed by atoms with Crippen LogP contribution < -0.4 is 9.62 Å². The number of benzene rings is 1. The Morgan fingerprint density at radius 2 is 1.61 bits per heavy atom. The smallest absolute Gasteiger partial charge is 0.369 e. The molecule has 0 bridgehead atoms. The van der Waals surface area contributed by atoms with Gasteiger partial charge in [-0.2, -0.15) is 35.7 Å². The van der Waals surface area contributed by atoms with Gasteiger partial charge in [0.15, 0.2) is 0 Å². The molecule has 154 valence electrons. The molecule has 2 fully saturated rings. The fourth-order valence-electron chi connectivity index (χ4n) is 3.01. The molecule has 0 aromatic heterocycles. The van der Waals surface area contributed by atoms with Crippen LogP contribution in [-0.4, -0.2) is 67.0 Å². The van der Waals surface area contributed by atoms with Crippen molar-refractivity contribution in [2.24, 2.45) is 0 Å². The molecule has 2 saturated heterocycles. The minimum Gasteiger partial charge on any atom is -0.369 e. The van der Waals surface area contributed by atoms with Crippen LogP contribution in [0, 0.1) is 0 Å². The second kappa shape index (κ2) is 7.31. The molecule has 3 rings (SSSR count). The van der Waals surface area contributed by atoms with E-state index in [0.717, 1.165) is 16.4 Å². The second-order valence-electron chi connectivity index (χ2n) is 6.35. The first-order valence-corrected chi connectivity index (χ1v) is 9.68. The molecule has 0 saturated carbocycles. The van der Waals surface area contributed by atoms with Gasteiger partial charge < -0.3 is 4.90 Å². The number of anilines is 1. The molecule has 2 aliphatic heterocycles. The average Bonchev–Trinajstić information content (AvgIpc) is 2.87. The first-order chi connectivity index (χ1) is 13.0. The number of amides is 2. The molecule has 1 atom stereocenters. The minimum absolute atomic E-state index is 0.0358. The fraction of sp³-hybridized carbons (Fsp3) is 0.467. The zero-order valence-electron chi connectivity index (χ0n) is 14.4. The molecule has 2 aliphatic rings. The molecule has 0 radical (unpaired) electrons. The summed E-state index contributed by atoms with van der Waals surface area (Å²) in [4.78, 5) is 24.6. The van der Waals surface area contributed by atoms with Crippen LogP contribution in [0.4, 0.5) is 18.9 Å². The van der Waals surface area contributed by atoms with Crippen LogP contribution in [0.5, 0.6) is 0 Å². The molecule has 1 aromatic rings. The second-order valence-corrected chi connectivity index (χ2v) is 8.06. The van der Waals surface area contributed by atoms with Crippen molar-refractivity contribution in [2.45, 2.75) is 18.6 Å². The zero-order chi connectivity index (χ0) is 20.7. The van der Waals surface area contributed by atoms with Crippen LogP contribution >= 0.6 is 0 Å². The van der Waals surface area contributed by atoms with Gasteiger partial charge in [-0.3, -0.25) is 14.8 Å². The third kappa shape index (κ3) is 4.11. The summed E-state index contributed by atoms with van der Waals surface area (Å²) < 4.78 is 65.9. The largest absolute Gasteiger partial charge is 0.416 e. The summed E-state index contributed by atoms with van der Waals surface area (Å²) >= 11 is 0. The van der Waals surface area contributed by atoms with Gasteiger partial charge in [0.2, 0.25) is 0 Å². The highest BCUT2D eigenvalue weighted by molar-refractivity contribution is 7.87. The quantitative estimate of drug-likeness (QED) is 0.529. The molecule has 0 spiro atoms. The molecule has 0 aliphatic carbocycles. The van der Waals surface area contributed by atoms with E-state index in [0.29, 0.717) is 5.69 Å². The van der Waals surface area contributed by atoms with Crippen molar-refractivity contribution >= 4 is 27.7 Å². The van der Waals surface area contributed by atoms with E-state index in [1.807, 2.05) is 0 Å². The Bertz CT molecular complexity index is 867. The standard InChI is InChI=1S/C15H17F3N4O5S/c16-15(17,18)10-1-3-11(4-2-10)20-5-7-21(8-6-20)28(26,27)19-12-9-13(23)22(25)14(12)24/h1-4,12,19,25H,5-9H2. The van der Waals surface area contributed by atoms with Crippen molar-refractivity contribution in [3.63, 3.8) is 0 Å². The Hall–Kier alpha value is -2.22. The number of piperazine rings is 1. The van der Waals surface area contributed by atoms with Gasteiger partial charge in [-0.25, -0.2) is 0 Å². The van der Waals surface area contributed by atoms with Gasteiger partial charge in [0, 0.05) is 31.9 Å². The average molecular weight is 422 g/mol. The lowest BCUT2D eigenvalue weighted by atomic mass is 10.2. The third-order valence-electron chi connectivity index (χ3n) is 4.55. The number of carbonyl (C=O) groups excluding carboxylic acids is 2. The van der Waals surface area contributed by atoms with Crippen molar-refractivity contribution in [1.82, 2.24) is 14.1 Å². The normalized spacial score (nSPS) is 22.2. The summed E-state index contributed by atoms with van der Waals surface area (Å²) in [7, 11) is -4.08. The molecular formula is C15H17F3N4O5S. The molecule has 1 unspecified atom stereocenters. The van der Waals surface area contributed by atoms with Gasteiger partial charge in [0.05, 0.1) is 12.0 Å². The van der Waals surface area contributed by atoms with Crippen molar-refractivity contribution in [1.29, 1.82) is 0 Å². The topological polar surface area (TPSA) is 110 Å². The SMILES string of the molecule is O=C1CC(NS(=O)(=O)N2CCN(c3ccc(C(F)(F)F)cc3)CC2)C(=O)N1O. The van der Waals surface area contributed by atoms with Crippen LogP contribution in [0.1, 0.15) is 12.0 Å². The summed E-state index contributed by atoms with van der Waals surface area (Å²) in [5.74, 6) is -1.94. The first kappa shape index (κ1) is 20.5. The van der Waals surface area contributed by atoms with Gasteiger partial charge in [-0.1, -0.05) is 0 Å². The molecule has 28 heavy (non-hydrogen) atoms. The number of rotatable bonds is 4. The number of nitrogens with zero attached hydrogens (tertiary/aromatic N) is 3. The predicted octanol–water partition coefficient (Wildman–Crippen LogP) is 0.179. The number of imide groups is 1. The highest BCUT2D eigenvalue weighted by atomic mass is 32.2. The van der Waals surface area contributed by atoms with Crippen LogP contribution in [0.25, 0.3) is 0 Å². The lowest BCUT2D eigenvalue weighted by Crippen LogP contribution is -2.54. The summed E-state index contributed by atoms with van der Waals surface area (Å²) in [5, 5.41) is 9.07. The summed E-state index contributed by atoms with van der Waals surface area (Å²) in [6.45, 7) is 0.536. The Morgan fingerprint density at radius 1 is 1.04 bits per heavy atom. The van der Waals surface area contributed by atoms with Gasteiger partial charge >= 0.3 is 6.18 Å². The summed E-state index contributed by atoms with van der Waals surface area (Å²) in [6.07, 6.45) is -4.90. The Balaban J connectivity index is 1.60. The minimum atomic E-state index is -4.43. The summed E-state index contributed by atoms with van der Waals surface area (Å²) in [5.41, 5.74) is -0.235. The van der Waals surface area contributed by atoms with Crippen molar-refractivity contribution in [3.05, 3.63) is 29.8 Å². The van der Waals surface area contributed by atoms with Gasteiger partial charge in [-0.05, 0) is 24.3 Å². The number of nitrogens with one attached hydrogen (secondary N) is 1. The van der Waals surface area contributed by atoms with E-state index < -0.39 is 46.2 Å². The van der Waals surface area contributed by atoms with Gasteiger partial charge in [0.25, 0.3) is 22.0 Å². The molecule has 2 heterocycles. The van der Waals surface area contributed by atoms with Gasteiger partial charge in [-0.15, -0.1) is 0 Å². The highest BCUT2D eigenvalue weighted by Crippen LogP contribution is 2.30. The number of carbonyl (C=O) groups is 2. The van der Waals surface area contributed by atoms with E-state index in [1.165, 1.54) is 12.1 Å². The monoisotopic (exact) mass is 422 g/mol. The van der Waals surface area contributed by atoms with Crippen molar-refractivity contribution in [3.8, 4) is 0 Å². The first-order valence-electron chi connectivity index (χ1n) is 8.24. The van der Waals surface area contributed by atoms with Crippen LogP contribution in [0.2, 0.25) is 0 Å². The van der Waals surface area contributed by atoms with Crippen LogP contribution in [0.3, 0.4) is 0 Å². The number of hydroxylamine groups is 2. The van der Waals surface area contributed by atoms with Crippen molar-refractivity contribution in [2.75, 3.05) is 31.1 Å². The van der Waals surface area contributed by atoms with E-state index in [2.05, 4.69) is 4.72 Å². The number of hydrogen-bond acceptors (Lipinski definition) is 6. The fourth-order valence-corrected chi connectivity index (χ4v) is 4.35. The molecule has 9 nitrogen and oxygen atoms in total. The Kier molecular flexibility index (Phi) is 5.36. The van der Waals surface area contributed by atoms with E-state index in [4.69, 9.17) is 0 Å². The Labute approximate surface area is 158 Å². The van der Waals surface area contributed by atoms with E-state index in [9.17, 15) is 36.4 Å². The van der Waals surface area contributed by atoms with E-state index in [1.54, 1.807) is 4.90 Å². The molecule has 13 heteroatoms. The number of halogens is 3. The third-order valence-corrected chi connectivity index (χ3v) is 6.18. The molecular weight excluding hydrogens is 405 g/mol. The highest BCUT2D eigenvalue weighted by Gasteiger charge is 2.42. The maximum atomic E-state index is 12.6.